The predicted molar refractivity (Wildman–Crippen MR) is 83.5 cm³/mol. The molecule has 6 unspecified atom stereocenters. The first kappa shape index (κ1) is 14.2. The molecule has 3 rings (SSSR count). The Labute approximate surface area is 124 Å². The van der Waals surface area contributed by atoms with E-state index in [2.05, 4.69) is 20.8 Å². The second-order valence-electron chi connectivity index (χ2n) is 8.67. The summed E-state index contributed by atoms with van der Waals surface area (Å²) in [4.78, 5) is 0. The summed E-state index contributed by atoms with van der Waals surface area (Å²) in [6.07, 6.45) is 11.6. The lowest BCUT2D eigenvalue weighted by molar-refractivity contribution is 0.0957. The van der Waals surface area contributed by atoms with Crippen LogP contribution in [0, 0.1) is 35.0 Å². The molecule has 3 fully saturated rings. The fraction of sp³-hybridized carbons (Fsp3) is 1.00. The average molecular weight is 283 g/mol. The third-order valence-corrected chi connectivity index (χ3v) is 7.19. The standard InChI is InChI=1S/C18H31Cl/c1-12-4-7-16(17(19)8-12)18(2,3)11-15-10-13-5-6-14(15)9-13/h12-17H,4-11H2,1-3H3. The first-order chi connectivity index (χ1) is 8.95. The lowest BCUT2D eigenvalue weighted by atomic mass is 9.64. The molecule has 1 heteroatoms. The minimum atomic E-state index is 0.428. The van der Waals surface area contributed by atoms with Crippen molar-refractivity contribution in [2.45, 2.75) is 77.5 Å². The molecule has 3 aliphatic rings. The van der Waals surface area contributed by atoms with E-state index in [9.17, 15) is 0 Å². The van der Waals surface area contributed by atoms with Gasteiger partial charge in [0.05, 0.1) is 0 Å². The Morgan fingerprint density at radius 3 is 2.37 bits per heavy atom. The molecule has 0 nitrogen and oxygen atoms in total. The highest BCUT2D eigenvalue weighted by molar-refractivity contribution is 6.20. The number of rotatable bonds is 3. The van der Waals surface area contributed by atoms with Gasteiger partial charge in [0.1, 0.15) is 0 Å². The van der Waals surface area contributed by atoms with Crippen LogP contribution >= 0.6 is 11.6 Å². The Bertz CT molecular complexity index is 322. The van der Waals surface area contributed by atoms with Crippen molar-refractivity contribution >= 4 is 11.6 Å². The zero-order chi connectivity index (χ0) is 13.6. The van der Waals surface area contributed by atoms with E-state index in [1.165, 1.54) is 44.9 Å². The molecule has 0 saturated heterocycles. The molecule has 0 aromatic carbocycles. The summed E-state index contributed by atoms with van der Waals surface area (Å²) in [5, 5.41) is 0.428. The van der Waals surface area contributed by atoms with Gasteiger partial charge in [0.15, 0.2) is 0 Å². The van der Waals surface area contributed by atoms with Crippen molar-refractivity contribution in [1.82, 2.24) is 0 Å². The van der Waals surface area contributed by atoms with E-state index < -0.39 is 0 Å². The maximum Gasteiger partial charge on any atom is 0.0371 e. The SMILES string of the molecule is CC1CCC(C(C)(C)CC2CC3CCC2C3)C(Cl)C1. The van der Waals surface area contributed by atoms with Gasteiger partial charge >= 0.3 is 0 Å². The predicted octanol–water partition coefficient (Wildman–Crippen LogP) is 5.88. The third-order valence-electron chi connectivity index (χ3n) is 6.71. The maximum atomic E-state index is 6.73. The molecule has 0 heterocycles. The Balaban J connectivity index is 1.62. The molecule has 19 heavy (non-hydrogen) atoms. The van der Waals surface area contributed by atoms with Crippen LogP contribution in [-0.4, -0.2) is 5.38 Å². The van der Waals surface area contributed by atoms with Crippen molar-refractivity contribution in [3.8, 4) is 0 Å². The molecule has 0 spiro atoms. The van der Waals surface area contributed by atoms with E-state index in [1.54, 1.807) is 6.42 Å². The van der Waals surface area contributed by atoms with Gasteiger partial charge in [-0.1, -0.05) is 33.6 Å². The highest BCUT2D eigenvalue weighted by Crippen LogP contribution is 2.54. The molecule has 0 aliphatic heterocycles. The molecule has 110 valence electrons. The summed E-state index contributed by atoms with van der Waals surface area (Å²) >= 11 is 6.73. The topological polar surface area (TPSA) is 0 Å². The summed E-state index contributed by atoms with van der Waals surface area (Å²) in [5.74, 6) is 4.78. The van der Waals surface area contributed by atoms with Gasteiger partial charge in [-0.05, 0) is 73.5 Å². The smallest absolute Gasteiger partial charge is 0.0371 e. The minimum absolute atomic E-state index is 0.428. The Kier molecular flexibility index (Phi) is 3.93. The van der Waals surface area contributed by atoms with Crippen molar-refractivity contribution in [3.63, 3.8) is 0 Å². The second-order valence-corrected chi connectivity index (χ2v) is 9.23. The summed E-state index contributed by atoms with van der Waals surface area (Å²) in [6.45, 7) is 7.39. The molecule has 2 bridgehead atoms. The average Bonchev–Trinajstić information content (AvgIpc) is 2.89. The van der Waals surface area contributed by atoms with Crippen LogP contribution in [0.3, 0.4) is 0 Å². The van der Waals surface area contributed by atoms with Gasteiger partial charge in [-0.25, -0.2) is 0 Å². The van der Waals surface area contributed by atoms with Gasteiger partial charge in [-0.2, -0.15) is 0 Å². The lowest BCUT2D eigenvalue weighted by Crippen LogP contribution is -2.37. The molecule has 0 radical (unpaired) electrons. The Morgan fingerprint density at radius 1 is 1.00 bits per heavy atom. The molecular formula is C18H31Cl. The van der Waals surface area contributed by atoms with Gasteiger partial charge in [0, 0.05) is 5.38 Å². The second kappa shape index (κ2) is 5.24. The van der Waals surface area contributed by atoms with Crippen LogP contribution in [0.1, 0.15) is 72.1 Å². The highest BCUT2D eigenvalue weighted by Gasteiger charge is 2.45. The number of halogens is 1. The molecule has 6 atom stereocenters. The largest absolute Gasteiger partial charge is 0.123 e. The first-order valence-corrected chi connectivity index (χ1v) is 9.03. The maximum absolute atomic E-state index is 6.73. The van der Waals surface area contributed by atoms with Gasteiger partial charge in [0.25, 0.3) is 0 Å². The Hall–Kier alpha value is 0.290. The first-order valence-electron chi connectivity index (χ1n) is 8.60. The van der Waals surface area contributed by atoms with Crippen LogP contribution < -0.4 is 0 Å². The van der Waals surface area contributed by atoms with E-state index in [4.69, 9.17) is 11.6 Å². The molecule has 0 amide bonds. The quantitative estimate of drug-likeness (QED) is 0.567. The Morgan fingerprint density at radius 2 is 1.79 bits per heavy atom. The fourth-order valence-electron chi connectivity index (χ4n) is 5.65. The molecule has 0 aromatic heterocycles. The van der Waals surface area contributed by atoms with Crippen LogP contribution in [0.4, 0.5) is 0 Å². The molecule has 3 saturated carbocycles. The van der Waals surface area contributed by atoms with Crippen molar-refractivity contribution in [3.05, 3.63) is 0 Å². The molecule has 0 aromatic rings. The highest BCUT2D eigenvalue weighted by atomic mass is 35.5. The van der Waals surface area contributed by atoms with Gasteiger partial charge in [0.2, 0.25) is 0 Å². The van der Waals surface area contributed by atoms with Gasteiger partial charge < -0.3 is 0 Å². The fourth-order valence-corrected chi connectivity index (χ4v) is 6.42. The summed E-state index contributed by atoms with van der Waals surface area (Å²) in [5.41, 5.74) is 0.460. The number of hydrogen-bond donors (Lipinski definition) is 0. The van der Waals surface area contributed by atoms with Crippen LogP contribution in [0.2, 0.25) is 0 Å². The van der Waals surface area contributed by atoms with E-state index in [1.807, 2.05) is 0 Å². The van der Waals surface area contributed by atoms with E-state index in [0.717, 1.165) is 29.6 Å². The van der Waals surface area contributed by atoms with Crippen molar-refractivity contribution < 1.29 is 0 Å². The van der Waals surface area contributed by atoms with Crippen molar-refractivity contribution in [1.29, 1.82) is 0 Å². The molecule has 3 aliphatic carbocycles. The van der Waals surface area contributed by atoms with Crippen LogP contribution in [-0.2, 0) is 0 Å². The summed E-state index contributed by atoms with van der Waals surface area (Å²) in [7, 11) is 0. The van der Waals surface area contributed by atoms with Crippen LogP contribution in [0.5, 0.6) is 0 Å². The molecular weight excluding hydrogens is 252 g/mol. The van der Waals surface area contributed by atoms with Crippen molar-refractivity contribution in [2.75, 3.05) is 0 Å². The van der Waals surface area contributed by atoms with Crippen LogP contribution in [0.25, 0.3) is 0 Å². The van der Waals surface area contributed by atoms with E-state index in [0.29, 0.717) is 10.8 Å². The minimum Gasteiger partial charge on any atom is -0.123 e. The summed E-state index contributed by atoms with van der Waals surface area (Å²) in [6, 6.07) is 0. The van der Waals surface area contributed by atoms with Gasteiger partial charge in [-0.3, -0.25) is 0 Å². The van der Waals surface area contributed by atoms with E-state index in [-0.39, 0.29) is 0 Å². The zero-order valence-electron chi connectivity index (χ0n) is 13.0. The zero-order valence-corrected chi connectivity index (χ0v) is 13.8. The lowest BCUT2D eigenvalue weighted by Gasteiger charge is -2.44. The van der Waals surface area contributed by atoms with E-state index >= 15 is 0 Å². The number of alkyl halides is 1. The number of fused-ring (bicyclic) bond motifs is 2. The number of hydrogen-bond acceptors (Lipinski definition) is 0. The summed E-state index contributed by atoms with van der Waals surface area (Å²) < 4.78 is 0. The third kappa shape index (κ3) is 2.85. The van der Waals surface area contributed by atoms with Crippen molar-refractivity contribution in [2.24, 2.45) is 35.0 Å². The monoisotopic (exact) mass is 282 g/mol. The van der Waals surface area contributed by atoms with Gasteiger partial charge in [-0.15, -0.1) is 11.6 Å². The normalized spacial score (nSPS) is 46.7. The molecule has 0 N–H and O–H groups in total. The van der Waals surface area contributed by atoms with Crippen LogP contribution in [0.15, 0.2) is 0 Å².